The number of likely N-dealkylation sites (tertiary alicyclic amines) is 1. The Hall–Kier alpha value is -5.50. The van der Waals surface area contributed by atoms with Crippen molar-refractivity contribution in [3.8, 4) is 10.4 Å². The minimum Gasteiger partial charge on any atom is -0.391 e. The quantitative estimate of drug-likeness (QED) is 0.0356. The molecule has 2 aliphatic heterocycles. The Balaban J connectivity index is 0.768. The predicted octanol–water partition coefficient (Wildman–Crippen LogP) is 5.27. The number of nitrogens with zero attached hydrogens (tertiary/aromatic N) is 5. The van der Waals surface area contributed by atoms with Gasteiger partial charge >= 0.3 is 0 Å². The number of β-amino-alcohol motifs (C(OH)–C–C–N with tert-alkyl or cyclic N) is 1. The number of aryl methyl sites for hydroxylation is 1. The number of nitrogens with one attached hydrogen (secondary N) is 4. The Labute approximate surface area is 470 Å². The molecule has 0 aliphatic carbocycles. The minimum atomic E-state index is -0.954. The molecule has 5 amide bonds. The number of carbonyl (C=O) groups excluding carboxylic acids is 5. The average Bonchev–Trinajstić information content (AvgIpc) is 4.04. The molecular formula is C54H76ClN11O10S2. The highest BCUT2D eigenvalue weighted by Crippen LogP contribution is 2.39. The van der Waals surface area contributed by atoms with Gasteiger partial charge < -0.3 is 66.6 Å². The zero-order valence-electron chi connectivity index (χ0n) is 45.4. The van der Waals surface area contributed by atoms with Gasteiger partial charge in [0.05, 0.1) is 98.0 Å². The van der Waals surface area contributed by atoms with E-state index in [9.17, 15) is 29.1 Å². The van der Waals surface area contributed by atoms with E-state index in [-0.39, 0.29) is 106 Å². The van der Waals surface area contributed by atoms with E-state index < -0.39 is 29.5 Å². The number of aromatic nitrogens is 3. The fourth-order valence-corrected chi connectivity index (χ4v) is 10.5. The van der Waals surface area contributed by atoms with Crippen LogP contribution in [-0.2, 0) is 42.9 Å². The number of carbonyl (C=O) groups is 5. The van der Waals surface area contributed by atoms with E-state index in [0.717, 1.165) is 47.6 Å². The molecule has 0 spiro atoms. The van der Waals surface area contributed by atoms with Gasteiger partial charge in [-0.2, -0.15) is 0 Å². The lowest BCUT2D eigenvalue weighted by atomic mass is 9.85. The first kappa shape index (κ1) is 61.7. The number of nitrogen functional groups attached to an aromatic ring is 1. The molecular weight excluding hydrogens is 1060 g/mol. The molecule has 0 radical (unpaired) electrons. The Morgan fingerprint density at radius 3 is 2.15 bits per heavy atom. The Kier molecular flexibility index (Phi) is 23.4. The number of anilines is 3. The number of ether oxygens (including phenoxy) is 4. The second kappa shape index (κ2) is 29.6. The lowest BCUT2D eigenvalue weighted by molar-refractivity contribution is -0.144. The van der Waals surface area contributed by atoms with Crippen LogP contribution in [0.1, 0.15) is 90.4 Å². The molecule has 0 unspecified atom stereocenters. The zero-order valence-corrected chi connectivity index (χ0v) is 47.8. The highest BCUT2D eigenvalue weighted by atomic mass is 35.5. The summed E-state index contributed by atoms with van der Waals surface area (Å²) in [5, 5.41) is 22.8. The van der Waals surface area contributed by atoms with Crippen molar-refractivity contribution >= 4 is 81.6 Å². The Bertz CT molecular complexity index is 2630. The molecule has 4 aromatic rings. The second-order valence-electron chi connectivity index (χ2n) is 20.8. The molecule has 4 heterocycles. The van der Waals surface area contributed by atoms with E-state index in [1.807, 2.05) is 64.4 Å². The van der Waals surface area contributed by atoms with Crippen LogP contribution < -0.4 is 37.6 Å². The van der Waals surface area contributed by atoms with Gasteiger partial charge in [-0.15, -0.1) is 11.3 Å². The van der Waals surface area contributed by atoms with Gasteiger partial charge in [0.15, 0.2) is 5.82 Å². The fraction of sp³-hybridized carbons (Fsp3) is 0.556. The first-order chi connectivity index (χ1) is 37.2. The molecule has 0 bridgehead atoms. The molecule has 21 nitrogen and oxygen atoms in total. The number of amides is 5. The average molecular weight is 1140 g/mol. The van der Waals surface area contributed by atoms with Gasteiger partial charge in [-0.3, -0.25) is 24.0 Å². The van der Waals surface area contributed by atoms with Crippen molar-refractivity contribution in [3.05, 3.63) is 70.5 Å². The number of piperidine rings is 1. The van der Waals surface area contributed by atoms with Crippen molar-refractivity contribution in [3.63, 3.8) is 0 Å². The molecule has 0 saturated carbocycles. The lowest BCUT2D eigenvalue weighted by Gasteiger charge is -2.37. The van der Waals surface area contributed by atoms with Crippen molar-refractivity contribution < 1.29 is 48.0 Å². The summed E-state index contributed by atoms with van der Waals surface area (Å²) in [6.07, 6.45) is 2.50. The van der Waals surface area contributed by atoms with Crippen LogP contribution in [0.2, 0.25) is 5.02 Å². The molecule has 2 saturated heterocycles. The smallest absolute Gasteiger partial charge is 0.246 e. The van der Waals surface area contributed by atoms with E-state index >= 15 is 0 Å². The SMILES string of the molecule is Cc1ncsc1-c1ccc([C@H](C)NC(=O)[C@@H]2C[C@@H](O)CN2C(=O)[C@@H](NC(=O)CCOCCOCCOCCOCCNC(=O)CCC(=O)Nc2cccc(Sc3ncc(N4CCC(C)(N)CC4)nc3N)c2Cl)C(C)(C)C)cc1. The molecule has 9 N–H and O–H groups in total. The fourth-order valence-electron chi connectivity index (χ4n) is 8.62. The third kappa shape index (κ3) is 18.8. The largest absolute Gasteiger partial charge is 0.391 e. The highest BCUT2D eigenvalue weighted by molar-refractivity contribution is 7.99. The standard InChI is InChI=1S/C54H76ClN11O10S2/c1-34(36-10-12-37(13-11-36)47-35(2)60-33-77-47)61-50(71)40-30-38(67)32-66(40)52(72)48(53(3,4)5)64-45(70)16-22-73-24-26-75-28-29-76-27-25-74-23-19-58-43(68)14-15-44(69)62-39-8-7-9-41(46(39)55)78-51-49(56)63-42(31-59-51)65-20-17-54(6,57)18-21-65/h7-13,31,33-34,38,40,48,67H,14-30,32,57H2,1-6H3,(H2,56,63)(H,58,68)(H,61,71)(H,62,69)(H,64,70)/t34-,38+,40-,48+/m0/s1. The van der Waals surface area contributed by atoms with Gasteiger partial charge in [0, 0.05) is 62.3 Å². The number of aliphatic hydroxyl groups is 1. The monoisotopic (exact) mass is 1140 g/mol. The topological polar surface area (TPSA) is 288 Å². The first-order valence-corrected chi connectivity index (χ1v) is 28.4. The Morgan fingerprint density at radius 2 is 1.53 bits per heavy atom. The van der Waals surface area contributed by atoms with E-state index in [0.29, 0.717) is 52.9 Å². The van der Waals surface area contributed by atoms with Gasteiger partial charge in [0.2, 0.25) is 29.5 Å². The number of nitrogens with two attached hydrogens (primary N) is 2. The summed E-state index contributed by atoms with van der Waals surface area (Å²) >= 11 is 9.48. The summed E-state index contributed by atoms with van der Waals surface area (Å²) in [6, 6.07) is 10.9. The van der Waals surface area contributed by atoms with E-state index in [2.05, 4.69) is 48.0 Å². The highest BCUT2D eigenvalue weighted by Gasteiger charge is 2.44. The molecule has 78 heavy (non-hydrogen) atoms. The number of rotatable bonds is 28. The Morgan fingerprint density at radius 1 is 0.885 bits per heavy atom. The van der Waals surface area contributed by atoms with Gasteiger partial charge in [-0.25, -0.2) is 15.0 Å². The molecule has 2 aromatic heterocycles. The van der Waals surface area contributed by atoms with Crippen LogP contribution in [0.25, 0.3) is 10.4 Å². The van der Waals surface area contributed by atoms with Crippen LogP contribution >= 0.6 is 34.7 Å². The number of thiazole rings is 1. The molecule has 6 rings (SSSR count). The molecule has 24 heteroatoms. The van der Waals surface area contributed by atoms with Gasteiger partial charge in [-0.05, 0) is 62.3 Å². The summed E-state index contributed by atoms with van der Waals surface area (Å²) in [5.74, 6) is -0.903. The van der Waals surface area contributed by atoms with Crippen LogP contribution in [0.15, 0.2) is 64.1 Å². The summed E-state index contributed by atoms with van der Waals surface area (Å²) in [5.41, 5.74) is 16.8. The predicted molar refractivity (Wildman–Crippen MR) is 301 cm³/mol. The number of halogens is 1. The number of benzene rings is 2. The number of hydrogen-bond acceptors (Lipinski definition) is 18. The lowest BCUT2D eigenvalue weighted by Crippen LogP contribution is -2.58. The van der Waals surface area contributed by atoms with Crippen molar-refractivity contribution in [2.45, 2.75) is 120 Å². The van der Waals surface area contributed by atoms with Crippen LogP contribution in [0.5, 0.6) is 0 Å². The van der Waals surface area contributed by atoms with Gasteiger partial charge in [0.1, 0.15) is 22.9 Å². The van der Waals surface area contributed by atoms with Crippen molar-refractivity contribution in [2.24, 2.45) is 11.1 Å². The number of aliphatic hydroxyl groups excluding tert-OH is 1. The normalized spacial score (nSPS) is 17.1. The third-order valence-corrected chi connectivity index (χ3v) is 15.8. The third-order valence-electron chi connectivity index (χ3n) is 13.2. The molecule has 2 fully saturated rings. The maximum atomic E-state index is 14.0. The van der Waals surface area contributed by atoms with Gasteiger partial charge in [-0.1, -0.05) is 74.5 Å². The van der Waals surface area contributed by atoms with E-state index in [4.69, 9.17) is 42.0 Å². The van der Waals surface area contributed by atoms with Crippen LogP contribution in [0, 0.1) is 12.3 Å². The molecule has 2 aromatic carbocycles. The molecule has 4 atom stereocenters. The van der Waals surface area contributed by atoms with E-state index in [1.54, 1.807) is 35.7 Å². The zero-order chi connectivity index (χ0) is 56.4. The molecule has 426 valence electrons. The minimum absolute atomic E-state index is 0.00141. The van der Waals surface area contributed by atoms with E-state index in [1.165, 1.54) is 16.7 Å². The van der Waals surface area contributed by atoms with Crippen molar-refractivity contribution in [2.75, 3.05) is 95.0 Å². The van der Waals surface area contributed by atoms with Crippen molar-refractivity contribution in [1.82, 2.24) is 35.8 Å². The first-order valence-electron chi connectivity index (χ1n) is 26.3. The van der Waals surface area contributed by atoms with Crippen LogP contribution in [-0.4, -0.2) is 157 Å². The van der Waals surface area contributed by atoms with Gasteiger partial charge in [0.25, 0.3) is 0 Å². The van der Waals surface area contributed by atoms with Crippen LogP contribution in [0.4, 0.5) is 17.3 Å². The summed E-state index contributed by atoms with van der Waals surface area (Å²) < 4.78 is 22.2. The second-order valence-corrected chi connectivity index (χ2v) is 23.0. The van der Waals surface area contributed by atoms with Crippen molar-refractivity contribution in [1.29, 1.82) is 0 Å². The summed E-state index contributed by atoms with van der Waals surface area (Å²) in [6.45, 7) is 15.3. The molecule has 2 aliphatic rings. The van der Waals surface area contributed by atoms with Crippen LogP contribution in [0.3, 0.4) is 0 Å². The maximum absolute atomic E-state index is 14.0. The maximum Gasteiger partial charge on any atom is 0.246 e. The number of hydrogen-bond donors (Lipinski definition) is 7. The summed E-state index contributed by atoms with van der Waals surface area (Å²) in [4.78, 5) is 84.5. The summed E-state index contributed by atoms with van der Waals surface area (Å²) in [7, 11) is 0.